The van der Waals surface area contributed by atoms with E-state index in [0.717, 1.165) is 134 Å². The molecular formula is C50H86N4O5. The van der Waals surface area contributed by atoms with E-state index >= 15 is 0 Å². The van der Waals surface area contributed by atoms with Crippen LogP contribution in [-0.2, 0) is 19.0 Å². The molecule has 1 saturated carbocycles. The van der Waals surface area contributed by atoms with Crippen LogP contribution in [0.25, 0.3) is 0 Å². The number of allylic oxidation sites excluding steroid dienone is 8. The van der Waals surface area contributed by atoms with Gasteiger partial charge in [0.05, 0.1) is 11.7 Å². The van der Waals surface area contributed by atoms with E-state index in [1.54, 1.807) is 0 Å². The van der Waals surface area contributed by atoms with E-state index in [1.807, 2.05) is 44.2 Å². The topological polar surface area (TPSA) is 146 Å². The molecule has 9 nitrogen and oxygen atoms in total. The van der Waals surface area contributed by atoms with Gasteiger partial charge in [0.2, 0.25) is 0 Å². The van der Waals surface area contributed by atoms with E-state index in [9.17, 15) is 9.90 Å². The Morgan fingerprint density at radius 2 is 1.86 bits per heavy atom. The van der Waals surface area contributed by atoms with Crippen molar-refractivity contribution >= 4 is 6.29 Å². The molecule has 0 radical (unpaired) electrons. The summed E-state index contributed by atoms with van der Waals surface area (Å²) in [6.45, 7) is 20.6. The Bertz CT molecular complexity index is 1370. The number of ether oxygens (including phenoxy) is 3. The van der Waals surface area contributed by atoms with Crippen LogP contribution in [0.3, 0.4) is 0 Å². The Balaban J connectivity index is 1.62. The van der Waals surface area contributed by atoms with Crippen molar-refractivity contribution in [3.63, 3.8) is 0 Å². The highest BCUT2D eigenvalue weighted by Crippen LogP contribution is 2.53. The molecule has 0 amide bonds. The minimum absolute atomic E-state index is 0.103. The SMILES string of the molecule is C=CCC(C)/C=C/[C@@](C)(N)CCC(CCC(CCC)CCCO)OCC[C@@H]1CCCCN1C(=C)O[C@@]1(C=O)O[C@]2(CC[C@H]1C)C[C@H](/C(N)=C/C=C/C=C/CCC(C)N)C2. The molecule has 2 heterocycles. The third-order valence-corrected chi connectivity index (χ3v) is 13.1. The molecule has 8 atom stereocenters. The molecule has 1 aliphatic carbocycles. The van der Waals surface area contributed by atoms with Gasteiger partial charge >= 0.3 is 0 Å². The molecule has 3 rings (SSSR count). The first-order chi connectivity index (χ1) is 28.2. The molecular weight excluding hydrogens is 737 g/mol. The fraction of sp³-hybridized carbons (Fsp3) is 0.740. The van der Waals surface area contributed by atoms with Gasteiger partial charge in [0.1, 0.15) is 0 Å². The van der Waals surface area contributed by atoms with Gasteiger partial charge < -0.3 is 41.4 Å². The third-order valence-electron chi connectivity index (χ3n) is 13.1. The van der Waals surface area contributed by atoms with Crippen LogP contribution in [0.5, 0.6) is 0 Å². The molecule has 7 N–H and O–H groups in total. The number of piperidine rings is 1. The monoisotopic (exact) mass is 823 g/mol. The zero-order valence-electron chi connectivity index (χ0n) is 38.0. The number of aldehydes is 1. The van der Waals surface area contributed by atoms with Gasteiger partial charge in [-0.2, -0.15) is 0 Å². The third kappa shape index (κ3) is 17.3. The number of carbonyl (C=O) groups is 1. The van der Waals surface area contributed by atoms with Crippen molar-refractivity contribution in [1.29, 1.82) is 0 Å². The lowest BCUT2D eigenvalue weighted by Gasteiger charge is -2.56. The lowest BCUT2D eigenvalue weighted by molar-refractivity contribution is -0.324. The second-order valence-electron chi connectivity index (χ2n) is 18.8. The summed E-state index contributed by atoms with van der Waals surface area (Å²) in [6, 6.07) is 0.408. The number of nitrogens with two attached hydrogens (primary N) is 3. The summed E-state index contributed by atoms with van der Waals surface area (Å²) < 4.78 is 20.2. The number of nitrogens with zero attached hydrogens (tertiary/aromatic N) is 1. The molecule has 3 aliphatic rings. The summed E-state index contributed by atoms with van der Waals surface area (Å²) in [6.07, 6.45) is 35.6. The average molecular weight is 823 g/mol. The van der Waals surface area contributed by atoms with Gasteiger partial charge in [-0.1, -0.05) is 76.1 Å². The van der Waals surface area contributed by atoms with Gasteiger partial charge in [-0.3, -0.25) is 4.79 Å². The Morgan fingerprint density at radius 3 is 2.56 bits per heavy atom. The van der Waals surface area contributed by atoms with Gasteiger partial charge in [0.15, 0.2) is 12.2 Å². The van der Waals surface area contributed by atoms with Gasteiger partial charge in [0.25, 0.3) is 5.79 Å². The highest BCUT2D eigenvalue weighted by molar-refractivity contribution is 5.61. The van der Waals surface area contributed by atoms with Gasteiger partial charge in [0, 0.05) is 54.9 Å². The lowest BCUT2D eigenvalue weighted by atomic mass is 9.64. The Labute approximate surface area is 360 Å². The first kappa shape index (κ1) is 50.7. The van der Waals surface area contributed by atoms with Crippen LogP contribution in [0, 0.1) is 23.7 Å². The van der Waals surface area contributed by atoms with Crippen LogP contribution in [0.1, 0.15) is 157 Å². The van der Waals surface area contributed by atoms with Crippen molar-refractivity contribution in [1.82, 2.24) is 4.90 Å². The molecule has 9 heteroatoms. The molecule has 59 heavy (non-hydrogen) atoms. The minimum atomic E-state index is -1.38. The van der Waals surface area contributed by atoms with Crippen LogP contribution in [0.2, 0.25) is 0 Å². The maximum absolute atomic E-state index is 13.0. The fourth-order valence-electron chi connectivity index (χ4n) is 9.20. The van der Waals surface area contributed by atoms with Gasteiger partial charge in [-0.15, -0.1) is 6.58 Å². The Hall–Kier alpha value is -2.69. The smallest absolute Gasteiger partial charge is 0.272 e. The predicted molar refractivity (Wildman–Crippen MR) is 245 cm³/mol. The second kappa shape index (κ2) is 25.9. The lowest BCUT2D eigenvalue weighted by Crippen LogP contribution is -2.61. The van der Waals surface area contributed by atoms with Crippen LogP contribution in [0.4, 0.5) is 0 Å². The maximum Gasteiger partial charge on any atom is 0.272 e. The van der Waals surface area contributed by atoms with E-state index in [4.69, 9.17) is 31.4 Å². The summed E-state index contributed by atoms with van der Waals surface area (Å²) in [7, 11) is 0. The zero-order valence-corrected chi connectivity index (χ0v) is 38.0. The quantitative estimate of drug-likeness (QED) is 0.0251. The molecule has 0 aromatic carbocycles. The molecule has 0 aromatic rings. The van der Waals surface area contributed by atoms with Crippen molar-refractivity contribution in [2.75, 3.05) is 19.8 Å². The normalized spacial score (nSPS) is 28.4. The van der Waals surface area contributed by atoms with Crippen molar-refractivity contribution in [2.24, 2.45) is 40.9 Å². The van der Waals surface area contributed by atoms with Crippen LogP contribution < -0.4 is 17.2 Å². The molecule has 336 valence electrons. The van der Waals surface area contributed by atoms with Gasteiger partial charge in [-0.25, -0.2) is 0 Å². The molecule has 2 saturated heterocycles. The van der Waals surface area contributed by atoms with Crippen LogP contribution in [0.15, 0.2) is 73.3 Å². The molecule has 4 unspecified atom stereocenters. The fourth-order valence-corrected chi connectivity index (χ4v) is 9.20. The van der Waals surface area contributed by atoms with Crippen molar-refractivity contribution in [2.45, 2.75) is 192 Å². The van der Waals surface area contributed by atoms with E-state index in [2.05, 4.69) is 57.1 Å². The predicted octanol–water partition coefficient (Wildman–Crippen LogP) is 9.91. The minimum Gasteiger partial charge on any atom is -0.440 e. The summed E-state index contributed by atoms with van der Waals surface area (Å²) in [5.41, 5.74) is 19.1. The number of hydrogen-bond donors (Lipinski definition) is 4. The number of aliphatic hydroxyl groups is 1. The van der Waals surface area contributed by atoms with E-state index in [-0.39, 0.29) is 36.6 Å². The maximum atomic E-state index is 13.0. The number of carbonyl (C=O) groups excluding carboxylic acids is 1. The number of aliphatic hydroxyl groups excluding tert-OH is 1. The average Bonchev–Trinajstić information content (AvgIpc) is 3.19. The van der Waals surface area contributed by atoms with Crippen molar-refractivity contribution in [3.05, 3.63) is 73.3 Å². The van der Waals surface area contributed by atoms with Crippen LogP contribution >= 0.6 is 0 Å². The number of hydrogen-bond acceptors (Lipinski definition) is 9. The van der Waals surface area contributed by atoms with E-state index in [1.165, 1.54) is 6.42 Å². The second-order valence-corrected chi connectivity index (χ2v) is 18.8. The van der Waals surface area contributed by atoms with Crippen LogP contribution in [-0.4, -0.2) is 71.2 Å². The Kier molecular flexibility index (Phi) is 22.3. The first-order valence-corrected chi connectivity index (χ1v) is 23.4. The van der Waals surface area contributed by atoms with Crippen molar-refractivity contribution < 1.29 is 24.1 Å². The number of rotatable bonds is 29. The summed E-state index contributed by atoms with van der Waals surface area (Å²) in [4.78, 5) is 15.2. The first-order valence-electron chi connectivity index (χ1n) is 23.4. The molecule has 3 fully saturated rings. The van der Waals surface area contributed by atoms with Crippen molar-refractivity contribution in [3.8, 4) is 0 Å². The Morgan fingerprint density at radius 1 is 1.08 bits per heavy atom. The highest BCUT2D eigenvalue weighted by Gasteiger charge is 2.57. The molecule has 0 aromatic heterocycles. The largest absolute Gasteiger partial charge is 0.440 e. The van der Waals surface area contributed by atoms with Gasteiger partial charge in [-0.05, 0) is 147 Å². The summed E-state index contributed by atoms with van der Waals surface area (Å²) in [5, 5.41) is 9.51. The van der Waals surface area contributed by atoms with E-state index < -0.39 is 16.9 Å². The highest BCUT2D eigenvalue weighted by atomic mass is 16.7. The molecule has 1 spiro atoms. The molecule has 0 bridgehead atoms. The summed E-state index contributed by atoms with van der Waals surface area (Å²) >= 11 is 0. The van der Waals surface area contributed by atoms with E-state index in [0.29, 0.717) is 24.3 Å². The molecule has 2 aliphatic heterocycles. The number of likely N-dealkylation sites (tertiary alicyclic amines) is 1. The summed E-state index contributed by atoms with van der Waals surface area (Å²) in [5.74, 6) is 0.227. The standard InChI is InChI=1S/C50H86N4O5/c1-8-18-39(3)26-30-48(7,53)31-28-46(25-24-43(19-9-2)21-17-34-55)57-35-29-45-22-15-16-33-54(45)42(6)58-50(38-56)40(4)27-32-49(59-50)36-44(37-49)47(52)23-14-12-10-11-13-20-41(5)51/h8,10-12,14,23,26,30,38-41,43-46,55H,1,6,9,13,15-22,24-25,27-29,31-37,51-53H2,2-5,7H3/b11-10+,14-12+,30-26+,47-23-/t39?,40-,41?,43?,44-,45+,46?,48-,49+,50+/m1/s1. The zero-order chi connectivity index (χ0) is 43.3.